The number of nitrogens with one attached hydrogen (secondary N) is 2. The van der Waals surface area contributed by atoms with Crippen LogP contribution in [0.5, 0.6) is 0 Å². The van der Waals surface area contributed by atoms with Gasteiger partial charge in [-0.25, -0.2) is 4.79 Å². The number of fused-ring (bicyclic) bond motifs is 1. The van der Waals surface area contributed by atoms with E-state index in [4.69, 9.17) is 5.11 Å². The molecule has 0 bridgehead atoms. The van der Waals surface area contributed by atoms with E-state index in [2.05, 4.69) is 10.6 Å². The Balaban J connectivity index is 1.42. The second kappa shape index (κ2) is 9.01. The van der Waals surface area contributed by atoms with Gasteiger partial charge >= 0.3 is 18.2 Å². The summed E-state index contributed by atoms with van der Waals surface area (Å²) < 4.78 is 38.5. The van der Waals surface area contributed by atoms with Gasteiger partial charge in [-0.1, -0.05) is 36.4 Å². The molecule has 0 saturated carbocycles. The number of hydrogen-bond donors (Lipinski definition) is 3. The average molecular weight is 468 g/mol. The van der Waals surface area contributed by atoms with Gasteiger partial charge in [-0.05, 0) is 53.4 Å². The summed E-state index contributed by atoms with van der Waals surface area (Å²) in [5.41, 5.74) is 2.59. The van der Waals surface area contributed by atoms with Gasteiger partial charge < -0.3 is 15.7 Å². The van der Waals surface area contributed by atoms with Crippen molar-refractivity contribution in [2.24, 2.45) is 5.92 Å². The molecule has 1 unspecified atom stereocenters. The van der Waals surface area contributed by atoms with Crippen LogP contribution in [0.15, 0.2) is 66.7 Å². The number of halogens is 3. The van der Waals surface area contributed by atoms with Crippen LogP contribution in [0.2, 0.25) is 0 Å². The summed E-state index contributed by atoms with van der Waals surface area (Å²) in [4.78, 5) is 35.5. The van der Waals surface area contributed by atoms with E-state index in [1.807, 2.05) is 6.07 Å². The van der Waals surface area contributed by atoms with Crippen molar-refractivity contribution in [2.75, 3.05) is 10.6 Å². The van der Waals surface area contributed by atoms with Crippen molar-refractivity contribution in [2.45, 2.75) is 19.0 Å². The molecule has 0 fully saturated rings. The average Bonchev–Trinajstić information content (AvgIpc) is 3.08. The van der Waals surface area contributed by atoms with E-state index in [0.717, 1.165) is 28.8 Å². The van der Waals surface area contributed by atoms with Gasteiger partial charge in [0.05, 0.1) is 12.0 Å². The van der Waals surface area contributed by atoms with Crippen molar-refractivity contribution in [3.05, 3.63) is 83.4 Å². The molecular formula is C25H19F3N2O4. The highest BCUT2D eigenvalue weighted by atomic mass is 19.4. The first-order valence-corrected chi connectivity index (χ1v) is 10.3. The fourth-order valence-corrected chi connectivity index (χ4v) is 3.95. The molecule has 1 aliphatic rings. The summed E-state index contributed by atoms with van der Waals surface area (Å²) in [5.74, 6) is -1.72. The molecule has 34 heavy (non-hydrogen) atoms. The number of aliphatic carboxylic acids is 1. The Morgan fingerprint density at radius 1 is 0.912 bits per heavy atom. The number of carbonyl (C=O) groups excluding carboxylic acids is 2. The third kappa shape index (κ3) is 5.09. The van der Waals surface area contributed by atoms with E-state index < -0.39 is 29.7 Å². The maximum Gasteiger partial charge on any atom is 0.416 e. The van der Waals surface area contributed by atoms with E-state index in [1.54, 1.807) is 36.4 Å². The summed E-state index contributed by atoms with van der Waals surface area (Å²) in [5, 5.41) is 13.9. The third-order valence-corrected chi connectivity index (χ3v) is 5.55. The third-order valence-electron chi connectivity index (χ3n) is 5.55. The van der Waals surface area contributed by atoms with Crippen LogP contribution in [0.4, 0.5) is 29.3 Å². The van der Waals surface area contributed by atoms with Crippen molar-refractivity contribution in [3.63, 3.8) is 0 Å². The van der Waals surface area contributed by atoms with Gasteiger partial charge in [0.1, 0.15) is 0 Å². The van der Waals surface area contributed by atoms with E-state index in [0.29, 0.717) is 17.7 Å². The number of amides is 2. The van der Waals surface area contributed by atoms with Gasteiger partial charge in [0, 0.05) is 22.9 Å². The van der Waals surface area contributed by atoms with Crippen LogP contribution >= 0.6 is 0 Å². The molecule has 6 nitrogen and oxygen atoms in total. The van der Waals surface area contributed by atoms with Crippen LogP contribution in [0.3, 0.4) is 0 Å². The number of urea groups is 1. The number of carboxylic acids is 1. The Morgan fingerprint density at radius 2 is 1.59 bits per heavy atom. The molecule has 3 aromatic rings. The minimum atomic E-state index is -4.51. The highest BCUT2D eigenvalue weighted by molar-refractivity contribution is 6.04. The fraction of sp³-hybridized carbons (Fsp3) is 0.160. The van der Waals surface area contributed by atoms with Gasteiger partial charge in [-0.2, -0.15) is 13.2 Å². The molecule has 4 rings (SSSR count). The van der Waals surface area contributed by atoms with Crippen LogP contribution in [-0.4, -0.2) is 22.9 Å². The number of carbonyl (C=O) groups is 3. The zero-order valence-corrected chi connectivity index (χ0v) is 17.6. The Hall–Kier alpha value is -4.14. The topological polar surface area (TPSA) is 95.5 Å². The minimum Gasteiger partial charge on any atom is -0.481 e. The van der Waals surface area contributed by atoms with Gasteiger partial charge in [-0.15, -0.1) is 0 Å². The van der Waals surface area contributed by atoms with Crippen molar-refractivity contribution in [3.8, 4) is 11.1 Å². The van der Waals surface area contributed by atoms with Crippen LogP contribution in [-0.2, 0) is 17.4 Å². The Labute approximate surface area is 192 Å². The lowest BCUT2D eigenvalue weighted by Gasteiger charge is -2.11. The molecule has 9 heteroatoms. The number of alkyl halides is 3. The number of benzene rings is 3. The zero-order chi connectivity index (χ0) is 24.5. The molecule has 1 aliphatic carbocycles. The van der Waals surface area contributed by atoms with Crippen molar-refractivity contribution < 1.29 is 32.7 Å². The fourth-order valence-electron chi connectivity index (χ4n) is 3.95. The predicted molar refractivity (Wildman–Crippen MR) is 120 cm³/mol. The number of rotatable bonds is 5. The first-order chi connectivity index (χ1) is 16.1. The van der Waals surface area contributed by atoms with Crippen molar-refractivity contribution in [1.82, 2.24) is 0 Å². The largest absolute Gasteiger partial charge is 0.481 e. The summed E-state index contributed by atoms with van der Waals surface area (Å²) in [6.45, 7) is 0. The van der Waals surface area contributed by atoms with Gasteiger partial charge in [-0.3, -0.25) is 9.59 Å². The lowest BCUT2D eigenvalue weighted by molar-refractivity contribution is -0.138. The monoisotopic (exact) mass is 468 g/mol. The molecule has 3 aromatic carbocycles. The molecule has 0 aromatic heterocycles. The van der Waals surface area contributed by atoms with E-state index in [1.165, 1.54) is 12.1 Å². The first kappa shape index (κ1) is 23.0. The standard InChI is InChI=1S/C25H19F3N2O4/c26-25(27,28)18-2-1-3-20(13-18)30-24(34)29-19-7-4-14(5-8-19)15-6-9-21-16(10-15)11-17(23(21)33)12-22(31)32/h1-10,13,17H,11-12H2,(H,31,32)(H2,29,30,34). The molecule has 3 N–H and O–H groups in total. The highest BCUT2D eigenvalue weighted by Crippen LogP contribution is 2.33. The number of carboxylic acid groups (broad SMARTS) is 1. The maximum absolute atomic E-state index is 12.8. The van der Waals surface area contributed by atoms with E-state index in [-0.39, 0.29) is 17.9 Å². The van der Waals surface area contributed by atoms with Crippen LogP contribution in [0.1, 0.15) is 27.9 Å². The number of hydrogen-bond acceptors (Lipinski definition) is 3. The van der Waals surface area contributed by atoms with Crippen LogP contribution in [0.25, 0.3) is 11.1 Å². The summed E-state index contributed by atoms with van der Waals surface area (Å²) in [6, 6.07) is 15.8. The number of ketones is 1. The Kier molecular flexibility index (Phi) is 6.10. The first-order valence-electron chi connectivity index (χ1n) is 10.3. The summed E-state index contributed by atoms with van der Waals surface area (Å²) in [7, 11) is 0. The molecule has 174 valence electrons. The quantitative estimate of drug-likeness (QED) is 0.438. The van der Waals surface area contributed by atoms with Crippen LogP contribution < -0.4 is 10.6 Å². The predicted octanol–water partition coefficient (Wildman–Crippen LogP) is 5.85. The normalized spacial score (nSPS) is 15.0. The number of anilines is 2. The van der Waals surface area contributed by atoms with Gasteiger partial charge in [0.2, 0.25) is 0 Å². The molecule has 0 spiro atoms. The summed E-state index contributed by atoms with van der Waals surface area (Å²) >= 11 is 0. The molecule has 1 atom stereocenters. The SMILES string of the molecule is O=C(O)CC1Cc2cc(-c3ccc(NC(=O)Nc4cccc(C(F)(F)F)c4)cc3)ccc2C1=O. The Morgan fingerprint density at radius 3 is 2.26 bits per heavy atom. The van der Waals surface area contributed by atoms with Gasteiger partial charge in [0.15, 0.2) is 5.78 Å². The molecule has 0 radical (unpaired) electrons. The second-order valence-electron chi connectivity index (χ2n) is 7.97. The van der Waals surface area contributed by atoms with E-state index >= 15 is 0 Å². The smallest absolute Gasteiger partial charge is 0.416 e. The van der Waals surface area contributed by atoms with E-state index in [9.17, 15) is 27.6 Å². The molecule has 0 heterocycles. The summed E-state index contributed by atoms with van der Waals surface area (Å²) in [6.07, 6.45) is -4.33. The molecule has 0 saturated heterocycles. The number of Topliss-reactive ketones (excluding diaryl/α,β-unsaturated/α-hetero) is 1. The lowest BCUT2D eigenvalue weighted by Crippen LogP contribution is -2.19. The zero-order valence-electron chi connectivity index (χ0n) is 17.6. The molecule has 0 aliphatic heterocycles. The lowest BCUT2D eigenvalue weighted by atomic mass is 10.0. The molecule has 2 amide bonds. The van der Waals surface area contributed by atoms with Crippen molar-refractivity contribution in [1.29, 1.82) is 0 Å². The maximum atomic E-state index is 12.8. The van der Waals surface area contributed by atoms with Crippen molar-refractivity contribution >= 4 is 29.2 Å². The Bertz CT molecular complexity index is 1270. The van der Waals surface area contributed by atoms with Crippen LogP contribution in [0, 0.1) is 5.92 Å². The molecular weight excluding hydrogens is 449 g/mol. The minimum absolute atomic E-state index is 0.0119. The highest BCUT2D eigenvalue weighted by Gasteiger charge is 2.32. The second-order valence-corrected chi connectivity index (χ2v) is 7.97. The van der Waals surface area contributed by atoms with Gasteiger partial charge in [0.25, 0.3) is 0 Å².